The fourth-order valence-electron chi connectivity index (χ4n) is 2.79. The molecule has 28 heavy (non-hydrogen) atoms. The van der Waals surface area contributed by atoms with E-state index < -0.39 is 0 Å². The summed E-state index contributed by atoms with van der Waals surface area (Å²) in [5, 5.41) is 0. The van der Waals surface area contributed by atoms with Gasteiger partial charge in [0.05, 0.1) is 24.4 Å². The molecule has 0 aromatic carbocycles. The van der Waals surface area contributed by atoms with Crippen molar-refractivity contribution in [3.8, 4) is 0 Å². The maximum atomic E-state index is 6.14. The van der Waals surface area contributed by atoms with E-state index in [1.54, 1.807) is 0 Å². The molecule has 0 amide bonds. The van der Waals surface area contributed by atoms with Gasteiger partial charge in [0.1, 0.15) is 0 Å². The fourth-order valence-corrected chi connectivity index (χ4v) is 2.79. The third kappa shape index (κ3) is 14.7. The molecule has 0 heterocycles. The van der Waals surface area contributed by atoms with Crippen molar-refractivity contribution in [3.05, 3.63) is 0 Å². The first kappa shape index (κ1) is 27.8. The monoisotopic (exact) mass is 406 g/mol. The third-order valence-corrected chi connectivity index (χ3v) is 4.44. The molecular weight excluding hydrogens is 360 g/mol. The van der Waals surface area contributed by atoms with Crippen LogP contribution in [0.2, 0.25) is 0 Å². The minimum absolute atomic E-state index is 0.152. The fraction of sp³-hybridized carbons (Fsp3) is 1.00. The lowest BCUT2D eigenvalue weighted by Crippen LogP contribution is -2.33. The van der Waals surface area contributed by atoms with Crippen LogP contribution in [0.5, 0.6) is 0 Å². The first-order valence-corrected chi connectivity index (χ1v) is 10.9. The van der Waals surface area contributed by atoms with Gasteiger partial charge in [0.25, 0.3) is 0 Å². The largest absolute Gasteiger partial charge is 0.375 e. The Labute approximate surface area is 173 Å². The van der Waals surface area contributed by atoms with Crippen LogP contribution in [0.1, 0.15) is 81.1 Å². The zero-order valence-corrected chi connectivity index (χ0v) is 19.7. The smallest absolute Gasteiger partial charge is 0.159 e. The molecule has 0 aromatic rings. The molecule has 0 atom stereocenters. The Morgan fingerprint density at radius 1 is 0.536 bits per heavy atom. The number of ether oxygens (including phenoxy) is 6. The van der Waals surface area contributed by atoms with Gasteiger partial charge >= 0.3 is 0 Å². The maximum Gasteiger partial charge on any atom is 0.159 e. The van der Waals surface area contributed by atoms with E-state index in [-0.39, 0.29) is 23.8 Å². The Kier molecular flexibility index (Phi) is 15.4. The summed E-state index contributed by atoms with van der Waals surface area (Å²) in [5.41, 5.74) is -0.476. The molecule has 6 heteroatoms. The molecule has 0 unspecified atom stereocenters. The van der Waals surface area contributed by atoms with E-state index in [4.69, 9.17) is 28.4 Å². The molecular formula is C22H46O6. The van der Waals surface area contributed by atoms with Gasteiger partial charge in [-0.05, 0) is 68.2 Å². The van der Waals surface area contributed by atoms with Crippen LogP contribution in [0, 0.1) is 0 Å². The van der Waals surface area contributed by atoms with Crippen molar-refractivity contribution in [2.45, 2.75) is 105 Å². The lowest BCUT2D eigenvalue weighted by atomic mass is 10.0. The van der Waals surface area contributed by atoms with Crippen molar-refractivity contribution >= 4 is 0 Å². The van der Waals surface area contributed by atoms with Crippen molar-refractivity contribution in [1.82, 2.24) is 0 Å². The van der Waals surface area contributed by atoms with Crippen molar-refractivity contribution < 1.29 is 28.4 Å². The first-order valence-electron chi connectivity index (χ1n) is 10.9. The van der Waals surface area contributed by atoms with Crippen LogP contribution in [0.3, 0.4) is 0 Å². The van der Waals surface area contributed by atoms with E-state index in [0.29, 0.717) is 39.6 Å². The lowest BCUT2D eigenvalue weighted by molar-refractivity contribution is -0.158. The summed E-state index contributed by atoms with van der Waals surface area (Å²) in [7, 11) is 0. The average molecular weight is 407 g/mol. The summed E-state index contributed by atoms with van der Waals surface area (Å²) in [5.74, 6) is 0. The van der Waals surface area contributed by atoms with Gasteiger partial charge in [0.15, 0.2) is 12.6 Å². The molecule has 0 radical (unpaired) electrons. The second-order valence-corrected chi connectivity index (χ2v) is 7.97. The van der Waals surface area contributed by atoms with E-state index in [2.05, 4.69) is 27.7 Å². The Bertz CT molecular complexity index is 347. The van der Waals surface area contributed by atoms with Crippen LogP contribution in [0.4, 0.5) is 0 Å². The van der Waals surface area contributed by atoms with Gasteiger partial charge in [-0.25, -0.2) is 0 Å². The highest BCUT2D eigenvalue weighted by Gasteiger charge is 2.24. The normalized spacial score (nSPS) is 13.1. The Balaban J connectivity index is 4.17. The zero-order valence-electron chi connectivity index (χ0n) is 19.7. The summed E-state index contributed by atoms with van der Waals surface area (Å²) in [6, 6.07) is 0. The van der Waals surface area contributed by atoms with E-state index in [1.807, 2.05) is 27.7 Å². The van der Waals surface area contributed by atoms with Crippen LogP contribution in [-0.2, 0) is 28.4 Å². The Hall–Kier alpha value is -0.240. The second kappa shape index (κ2) is 15.6. The van der Waals surface area contributed by atoms with Gasteiger partial charge in [-0.2, -0.15) is 0 Å². The van der Waals surface area contributed by atoms with Crippen LogP contribution >= 0.6 is 0 Å². The molecule has 0 bridgehead atoms. The predicted molar refractivity (Wildman–Crippen MR) is 113 cm³/mol. The van der Waals surface area contributed by atoms with E-state index in [0.717, 1.165) is 25.7 Å². The van der Waals surface area contributed by atoms with Crippen LogP contribution in [0.15, 0.2) is 0 Å². The van der Waals surface area contributed by atoms with Crippen molar-refractivity contribution in [2.24, 2.45) is 0 Å². The highest BCUT2D eigenvalue weighted by Crippen LogP contribution is 2.22. The lowest BCUT2D eigenvalue weighted by Gasteiger charge is -2.31. The average Bonchev–Trinajstić information content (AvgIpc) is 2.60. The minimum Gasteiger partial charge on any atom is -0.375 e. The molecule has 0 aliphatic rings. The van der Waals surface area contributed by atoms with Gasteiger partial charge in [-0.3, -0.25) is 0 Å². The van der Waals surface area contributed by atoms with Gasteiger partial charge in [-0.15, -0.1) is 0 Å². The first-order chi connectivity index (χ1) is 13.2. The molecule has 0 aromatic heterocycles. The van der Waals surface area contributed by atoms with Gasteiger partial charge in [0, 0.05) is 39.3 Å². The van der Waals surface area contributed by atoms with E-state index >= 15 is 0 Å². The summed E-state index contributed by atoms with van der Waals surface area (Å²) in [4.78, 5) is 0. The van der Waals surface area contributed by atoms with Crippen molar-refractivity contribution in [3.63, 3.8) is 0 Å². The molecule has 0 spiro atoms. The molecule has 0 aliphatic heterocycles. The second-order valence-electron chi connectivity index (χ2n) is 7.97. The summed E-state index contributed by atoms with van der Waals surface area (Å²) in [6.45, 7) is 20.2. The standard InChI is InChI=1S/C22H46O6/c1-9-23-19(24-10-2)13-15-21(5,6)28-18-16-22(7,8)27-17-14-20(25-11-3)26-12-4/h19-20H,9-18H2,1-8H3. The van der Waals surface area contributed by atoms with E-state index in [1.165, 1.54) is 0 Å². The molecule has 0 aliphatic carbocycles. The number of hydrogen-bond donors (Lipinski definition) is 0. The van der Waals surface area contributed by atoms with Crippen molar-refractivity contribution in [2.75, 3.05) is 39.6 Å². The molecule has 0 N–H and O–H groups in total. The highest BCUT2D eigenvalue weighted by molar-refractivity contribution is 4.73. The Morgan fingerprint density at radius 3 is 1.39 bits per heavy atom. The van der Waals surface area contributed by atoms with Gasteiger partial charge in [-0.1, -0.05) is 0 Å². The van der Waals surface area contributed by atoms with E-state index in [9.17, 15) is 0 Å². The summed E-state index contributed by atoms with van der Waals surface area (Å²) in [6.07, 6.45) is 2.91. The predicted octanol–water partition coefficient (Wildman–Crippen LogP) is 4.94. The molecule has 0 rings (SSSR count). The topological polar surface area (TPSA) is 55.4 Å². The van der Waals surface area contributed by atoms with Gasteiger partial charge in [0.2, 0.25) is 0 Å². The Morgan fingerprint density at radius 2 is 0.929 bits per heavy atom. The van der Waals surface area contributed by atoms with Crippen molar-refractivity contribution in [1.29, 1.82) is 0 Å². The van der Waals surface area contributed by atoms with Gasteiger partial charge < -0.3 is 28.4 Å². The SMILES string of the molecule is CCOC(CCOC(C)(C)CCOC(C)(C)CCC(OCC)OCC)OCC. The van der Waals surface area contributed by atoms with Crippen LogP contribution < -0.4 is 0 Å². The van der Waals surface area contributed by atoms with Crippen LogP contribution in [0.25, 0.3) is 0 Å². The number of rotatable bonds is 19. The summed E-state index contributed by atoms with van der Waals surface area (Å²) >= 11 is 0. The quantitative estimate of drug-likeness (QED) is 0.283. The summed E-state index contributed by atoms with van der Waals surface area (Å²) < 4.78 is 34.5. The molecule has 0 fully saturated rings. The highest BCUT2D eigenvalue weighted by atomic mass is 16.7. The maximum absolute atomic E-state index is 6.14. The third-order valence-electron chi connectivity index (χ3n) is 4.44. The molecule has 6 nitrogen and oxygen atoms in total. The van der Waals surface area contributed by atoms with Crippen LogP contribution in [-0.4, -0.2) is 63.4 Å². The molecule has 0 saturated carbocycles. The molecule has 0 saturated heterocycles. The number of hydrogen-bond acceptors (Lipinski definition) is 6. The zero-order chi connectivity index (χ0) is 21.5. The molecule has 170 valence electrons. The minimum atomic E-state index is -0.252.